The fourth-order valence-electron chi connectivity index (χ4n) is 2.09. The average molecular weight is 285 g/mol. The van der Waals surface area contributed by atoms with Crippen LogP contribution in [0.3, 0.4) is 0 Å². The topological polar surface area (TPSA) is 77.1 Å². The van der Waals surface area contributed by atoms with Crippen molar-refractivity contribution in [3.05, 3.63) is 47.8 Å². The molecule has 2 aromatic rings. The van der Waals surface area contributed by atoms with E-state index in [0.717, 1.165) is 0 Å². The Morgan fingerprint density at radius 3 is 2.33 bits per heavy atom. The van der Waals surface area contributed by atoms with E-state index in [1.54, 1.807) is 36.5 Å². The number of amides is 1. The van der Waals surface area contributed by atoms with Crippen LogP contribution in [0.5, 0.6) is 0 Å². The molecule has 1 heterocycles. The normalized spacial score (nSPS) is 10.7. The van der Waals surface area contributed by atoms with E-state index in [4.69, 9.17) is 5.73 Å². The van der Waals surface area contributed by atoms with Crippen molar-refractivity contribution >= 4 is 23.1 Å². The summed E-state index contributed by atoms with van der Waals surface area (Å²) in [7, 11) is 0. The van der Waals surface area contributed by atoms with Crippen LogP contribution in [0, 0.1) is 0 Å². The van der Waals surface area contributed by atoms with Gasteiger partial charge in [-0.25, -0.2) is 0 Å². The molecule has 0 atom stereocenters. The number of nitrogens with two attached hydrogens (primary N) is 1. The quantitative estimate of drug-likeness (QED) is 0.847. The van der Waals surface area contributed by atoms with Gasteiger partial charge in [-0.1, -0.05) is 0 Å². The van der Waals surface area contributed by atoms with Gasteiger partial charge < -0.3 is 15.6 Å². The van der Waals surface area contributed by atoms with Crippen molar-refractivity contribution in [3.8, 4) is 0 Å². The molecule has 2 rings (SSSR count). The van der Waals surface area contributed by atoms with Crippen molar-refractivity contribution in [2.75, 3.05) is 11.1 Å². The van der Waals surface area contributed by atoms with Gasteiger partial charge in [0.2, 0.25) is 0 Å². The number of benzene rings is 1. The number of anilines is 2. The standard InChI is InChI=1S/C16H19N3O2/c1-10(2)19-9-13(17)8-15(19)16(21)18-14-6-4-12(5-7-14)11(3)20/h4-10H,17H2,1-3H3,(H,18,21). The summed E-state index contributed by atoms with van der Waals surface area (Å²) < 4.78 is 1.83. The van der Waals surface area contributed by atoms with Gasteiger partial charge in [0.1, 0.15) is 5.69 Å². The van der Waals surface area contributed by atoms with E-state index in [9.17, 15) is 9.59 Å². The molecule has 0 saturated heterocycles. The molecule has 0 aliphatic rings. The number of nitrogens with zero attached hydrogens (tertiary/aromatic N) is 1. The van der Waals surface area contributed by atoms with Gasteiger partial charge in [0.25, 0.3) is 5.91 Å². The number of hydrogen-bond donors (Lipinski definition) is 2. The average Bonchev–Trinajstić information content (AvgIpc) is 2.82. The monoisotopic (exact) mass is 285 g/mol. The van der Waals surface area contributed by atoms with Gasteiger partial charge in [0, 0.05) is 23.5 Å². The minimum atomic E-state index is -0.226. The Balaban J connectivity index is 2.20. The van der Waals surface area contributed by atoms with E-state index >= 15 is 0 Å². The molecule has 21 heavy (non-hydrogen) atoms. The molecule has 0 bridgehead atoms. The largest absolute Gasteiger partial charge is 0.397 e. The summed E-state index contributed by atoms with van der Waals surface area (Å²) >= 11 is 0. The molecule has 1 aromatic carbocycles. The lowest BCUT2D eigenvalue weighted by molar-refractivity contribution is 0.101. The molecular weight excluding hydrogens is 266 g/mol. The van der Waals surface area contributed by atoms with Gasteiger partial charge >= 0.3 is 0 Å². The highest BCUT2D eigenvalue weighted by Gasteiger charge is 2.15. The fourth-order valence-corrected chi connectivity index (χ4v) is 2.09. The molecule has 0 aliphatic heterocycles. The molecule has 110 valence electrons. The maximum absolute atomic E-state index is 12.3. The Morgan fingerprint density at radius 1 is 1.19 bits per heavy atom. The highest BCUT2D eigenvalue weighted by atomic mass is 16.2. The Kier molecular flexibility index (Phi) is 4.12. The van der Waals surface area contributed by atoms with Crippen molar-refractivity contribution in [1.29, 1.82) is 0 Å². The minimum absolute atomic E-state index is 0.00525. The van der Waals surface area contributed by atoms with Crippen molar-refractivity contribution in [1.82, 2.24) is 4.57 Å². The van der Waals surface area contributed by atoms with Gasteiger partial charge in [-0.3, -0.25) is 9.59 Å². The summed E-state index contributed by atoms with van der Waals surface area (Å²) in [5, 5.41) is 2.81. The van der Waals surface area contributed by atoms with Crippen molar-refractivity contribution < 1.29 is 9.59 Å². The summed E-state index contributed by atoms with van der Waals surface area (Å²) in [6, 6.07) is 8.59. The molecule has 1 amide bonds. The molecule has 0 saturated carbocycles. The number of carbonyl (C=O) groups excluding carboxylic acids is 2. The van der Waals surface area contributed by atoms with Gasteiger partial charge in [-0.2, -0.15) is 0 Å². The highest BCUT2D eigenvalue weighted by molar-refractivity contribution is 6.04. The summed E-state index contributed by atoms with van der Waals surface area (Å²) in [5.41, 5.74) is 8.08. The lowest BCUT2D eigenvalue weighted by atomic mass is 10.1. The second kappa shape index (κ2) is 5.83. The van der Waals surface area contributed by atoms with Crippen LogP contribution in [-0.2, 0) is 0 Å². The van der Waals surface area contributed by atoms with Crippen LogP contribution >= 0.6 is 0 Å². The third-order valence-electron chi connectivity index (χ3n) is 3.21. The van der Waals surface area contributed by atoms with Gasteiger partial charge in [0.15, 0.2) is 5.78 Å². The van der Waals surface area contributed by atoms with E-state index in [1.165, 1.54) is 6.92 Å². The fraction of sp³-hybridized carbons (Fsp3) is 0.250. The molecule has 5 heteroatoms. The molecule has 0 radical (unpaired) electrons. The first-order valence-corrected chi connectivity index (χ1v) is 6.78. The lowest BCUT2D eigenvalue weighted by Gasteiger charge is -2.12. The van der Waals surface area contributed by atoms with Crippen LogP contribution in [0.4, 0.5) is 11.4 Å². The second-order valence-corrected chi connectivity index (χ2v) is 5.25. The smallest absolute Gasteiger partial charge is 0.272 e. The number of aromatic nitrogens is 1. The Hall–Kier alpha value is -2.56. The number of hydrogen-bond acceptors (Lipinski definition) is 3. The first-order chi connectivity index (χ1) is 9.88. The van der Waals surface area contributed by atoms with Gasteiger partial charge in [-0.05, 0) is 51.1 Å². The Morgan fingerprint density at radius 2 is 1.81 bits per heavy atom. The number of rotatable bonds is 4. The second-order valence-electron chi connectivity index (χ2n) is 5.25. The van der Waals surface area contributed by atoms with Crippen LogP contribution < -0.4 is 11.1 Å². The van der Waals surface area contributed by atoms with Crippen molar-refractivity contribution in [2.45, 2.75) is 26.8 Å². The number of ketones is 1. The minimum Gasteiger partial charge on any atom is -0.397 e. The van der Waals surface area contributed by atoms with Crippen LogP contribution in [0.15, 0.2) is 36.5 Å². The number of nitrogen functional groups attached to an aromatic ring is 1. The zero-order valence-electron chi connectivity index (χ0n) is 12.4. The molecule has 0 fully saturated rings. The van der Waals surface area contributed by atoms with Crippen LogP contribution in [0.2, 0.25) is 0 Å². The van der Waals surface area contributed by atoms with E-state index in [-0.39, 0.29) is 17.7 Å². The first kappa shape index (κ1) is 14.8. The molecule has 5 nitrogen and oxygen atoms in total. The summed E-state index contributed by atoms with van der Waals surface area (Å²) in [4.78, 5) is 23.5. The lowest BCUT2D eigenvalue weighted by Crippen LogP contribution is -2.17. The van der Waals surface area contributed by atoms with Crippen molar-refractivity contribution in [2.24, 2.45) is 0 Å². The summed E-state index contributed by atoms with van der Waals surface area (Å²) in [5.74, 6) is -0.231. The zero-order valence-corrected chi connectivity index (χ0v) is 12.4. The maximum Gasteiger partial charge on any atom is 0.272 e. The molecule has 0 unspecified atom stereocenters. The Bertz CT molecular complexity index is 669. The van der Waals surface area contributed by atoms with E-state index in [1.807, 2.05) is 18.4 Å². The predicted molar refractivity (Wildman–Crippen MR) is 83.6 cm³/mol. The maximum atomic E-state index is 12.3. The third kappa shape index (κ3) is 3.31. The SMILES string of the molecule is CC(=O)c1ccc(NC(=O)c2cc(N)cn2C(C)C)cc1. The van der Waals surface area contributed by atoms with E-state index < -0.39 is 0 Å². The van der Waals surface area contributed by atoms with Crippen LogP contribution in [0.25, 0.3) is 0 Å². The summed E-state index contributed by atoms with van der Waals surface area (Å²) in [6.07, 6.45) is 1.75. The van der Waals surface area contributed by atoms with Crippen LogP contribution in [-0.4, -0.2) is 16.3 Å². The number of Topliss-reactive ketones (excluding diaryl/α,β-unsaturated/α-hetero) is 1. The zero-order chi connectivity index (χ0) is 15.6. The third-order valence-corrected chi connectivity index (χ3v) is 3.21. The summed E-state index contributed by atoms with van der Waals surface area (Å²) in [6.45, 7) is 5.47. The molecular formula is C16H19N3O2. The predicted octanol–water partition coefficient (Wildman–Crippen LogP) is 3.11. The van der Waals surface area contributed by atoms with Crippen LogP contribution in [0.1, 0.15) is 47.7 Å². The molecule has 3 N–H and O–H groups in total. The van der Waals surface area contributed by atoms with Crippen molar-refractivity contribution in [3.63, 3.8) is 0 Å². The molecule has 0 spiro atoms. The highest BCUT2D eigenvalue weighted by Crippen LogP contribution is 2.18. The van der Waals surface area contributed by atoms with E-state index in [0.29, 0.717) is 22.6 Å². The Labute approximate surface area is 123 Å². The first-order valence-electron chi connectivity index (χ1n) is 6.78. The number of nitrogens with one attached hydrogen (secondary N) is 1. The molecule has 0 aliphatic carbocycles. The van der Waals surface area contributed by atoms with E-state index in [2.05, 4.69) is 5.32 Å². The van der Waals surface area contributed by atoms with Gasteiger partial charge in [0.05, 0.1) is 5.69 Å². The number of carbonyl (C=O) groups is 2. The van der Waals surface area contributed by atoms with Gasteiger partial charge in [-0.15, -0.1) is 0 Å². The molecule has 1 aromatic heterocycles.